The molecule has 3 heterocycles. The summed E-state index contributed by atoms with van der Waals surface area (Å²) in [6, 6.07) is 17.5. The molecule has 4 amide bonds. The average Bonchev–Trinajstić information content (AvgIpc) is 3.52. The minimum absolute atomic E-state index is 0.0215. The van der Waals surface area contributed by atoms with Crippen LogP contribution in [0.4, 0.5) is 24.7 Å². The van der Waals surface area contributed by atoms with Gasteiger partial charge >= 0.3 is 6.18 Å². The fourth-order valence-electron chi connectivity index (χ4n) is 9.16. The van der Waals surface area contributed by atoms with Crippen LogP contribution in [0.15, 0.2) is 89.0 Å². The number of nitrogens with one attached hydrogen (secondary N) is 1. The van der Waals surface area contributed by atoms with Crippen LogP contribution in [0.2, 0.25) is 10.0 Å². The van der Waals surface area contributed by atoms with Gasteiger partial charge in [0.15, 0.2) is 5.82 Å². The second-order valence-electron chi connectivity index (χ2n) is 14.4. The Bertz CT molecular complexity index is 2330. The SMILES string of the molecule is Cc1cc([C@H]2C3=CC[C@@H]4C(=O)N(c5ccc(Br)cc5)C(=O)[C@@H]4[C@@H]3C[C@H]3C(=O)N(Nc4ncc(C(F)(F)F)cc4Cl)C(=O)[C@@]23c2ccc(Cl)cc2)cc(C)c1O. The molecule has 0 bridgehead atoms. The topological polar surface area (TPSA) is 120 Å². The first kappa shape index (κ1) is 37.2. The van der Waals surface area contributed by atoms with Gasteiger partial charge in [-0.15, -0.1) is 0 Å². The Morgan fingerprint density at radius 2 is 1.56 bits per heavy atom. The Morgan fingerprint density at radius 1 is 0.909 bits per heavy atom. The Hall–Kier alpha value is -4.72. The molecule has 282 valence electrons. The average molecular weight is 855 g/mol. The van der Waals surface area contributed by atoms with Crippen molar-refractivity contribution in [3.05, 3.63) is 127 Å². The van der Waals surface area contributed by atoms with Gasteiger partial charge in [-0.1, -0.05) is 75.0 Å². The van der Waals surface area contributed by atoms with Crippen LogP contribution in [0.5, 0.6) is 5.75 Å². The molecule has 6 atom stereocenters. The maximum atomic E-state index is 15.4. The summed E-state index contributed by atoms with van der Waals surface area (Å²) in [5.41, 5.74) is 2.93. The van der Waals surface area contributed by atoms with Crippen LogP contribution in [-0.4, -0.2) is 38.7 Å². The molecule has 0 spiro atoms. The molecule has 1 aromatic heterocycles. The lowest BCUT2D eigenvalue weighted by atomic mass is 9.49. The van der Waals surface area contributed by atoms with Gasteiger partial charge in [-0.2, -0.15) is 18.2 Å². The van der Waals surface area contributed by atoms with Gasteiger partial charge in [0, 0.05) is 21.6 Å². The van der Waals surface area contributed by atoms with Crippen molar-refractivity contribution in [2.75, 3.05) is 10.3 Å². The number of aromatic nitrogens is 1. The lowest BCUT2D eigenvalue weighted by Crippen LogP contribution is -2.53. The van der Waals surface area contributed by atoms with E-state index in [1.54, 1.807) is 74.5 Å². The van der Waals surface area contributed by atoms with Crippen molar-refractivity contribution in [1.82, 2.24) is 9.99 Å². The number of aryl methyl sites for hydroxylation is 2. The highest BCUT2D eigenvalue weighted by Gasteiger charge is 2.70. The van der Waals surface area contributed by atoms with Crippen molar-refractivity contribution in [3.8, 4) is 5.75 Å². The van der Waals surface area contributed by atoms with Crippen LogP contribution in [0.3, 0.4) is 0 Å². The van der Waals surface area contributed by atoms with E-state index >= 15 is 4.79 Å². The number of allylic oxidation sites excluding steroid dienone is 2. The molecule has 4 aliphatic rings. The van der Waals surface area contributed by atoms with Gasteiger partial charge in [0.25, 0.3) is 11.8 Å². The number of halogens is 6. The van der Waals surface area contributed by atoms with Crippen LogP contribution in [0, 0.1) is 37.5 Å². The maximum absolute atomic E-state index is 15.4. The van der Waals surface area contributed by atoms with E-state index < -0.39 is 69.5 Å². The van der Waals surface area contributed by atoms with Crippen molar-refractivity contribution in [1.29, 1.82) is 0 Å². The van der Waals surface area contributed by atoms with Crippen LogP contribution in [0.25, 0.3) is 0 Å². The number of rotatable bonds is 5. The Morgan fingerprint density at radius 3 is 2.18 bits per heavy atom. The number of carbonyl (C=O) groups excluding carboxylic acids is 4. The quantitative estimate of drug-likeness (QED) is 0.152. The number of pyridine rings is 1. The molecule has 0 radical (unpaired) electrons. The van der Waals surface area contributed by atoms with Crippen molar-refractivity contribution in [3.63, 3.8) is 0 Å². The number of carbonyl (C=O) groups is 4. The molecule has 2 aliphatic heterocycles. The molecule has 9 nitrogen and oxygen atoms in total. The summed E-state index contributed by atoms with van der Waals surface area (Å²) in [6.45, 7) is 3.43. The third kappa shape index (κ3) is 5.68. The third-order valence-corrected chi connectivity index (χ3v) is 12.6. The number of amides is 4. The number of anilines is 2. The van der Waals surface area contributed by atoms with E-state index in [0.717, 1.165) is 9.48 Å². The Labute approximate surface area is 331 Å². The highest BCUT2D eigenvalue weighted by molar-refractivity contribution is 9.10. The van der Waals surface area contributed by atoms with Gasteiger partial charge in [0.1, 0.15) is 5.75 Å². The number of benzene rings is 3. The standard InChI is InChI=1S/C40H30BrCl2F3N4O5/c1-18-13-20(14-19(2)33(18)51)32-26-11-12-27-31(37(54)49(35(27)52)25-9-5-23(41)6-10-25)28(26)16-29-36(53)50(38(55)39(29,32)21-3-7-24(42)8-4-21)48-34-30(43)15-22(17-47-34)40(44,45)46/h3-11,13-15,17,27-29,31-32,51H,12,16H2,1-2H3,(H,47,48)/t27-,28+,29-,31-,32-,39+/m0/s1. The van der Waals surface area contributed by atoms with Crippen molar-refractivity contribution < 1.29 is 37.5 Å². The van der Waals surface area contributed by atoms with Gasteiger partial charge in [0.2, 0.25) is 11.8 Å². The first-order chi connectivity index (χ1) is 26.0. The highest BCUT2D eigenvalue weighted by atomic mass is 79.9. The number of hydrogen-bond donors (Lipinski definition) is 2. The van der Waals surface area contributed by atoms with Gasteiger partial charge < -0.3 is 5.11 Å². The first-order valence-corrected chi connectivity index (χ1v) is 18.9. The second kappa shape index (κ2) is 13.2. The largest absolute Gasteiger partial charge is 0.507 e. The smallest absolute Gasteiger partial charge is 0.417 e. The van der Waals surface area contributed by atoms with E-state index in [1.807, 2.05) is 6.08 Å². The zero-order valence-corrected chi connectivity index (χ0v) is 32.1. The number of imide groups is 2. The van der Waals surface area contributed by atoms with Crippen LogP contribution >= 0.6 is 39.1 Å². The van der Waals surface area contributed by atoms with Crippen LogP contribution in [-0.2, 0) is 30.8 Å². The molecule has 2 N–H and O–H groups in total. The normalized spacial score (nSPS) is 26.2. The number of fused-ring (bicyclic) bond motifs is 4. The molecule has 4 aromatic rings. The van der Waals surface area contributed by atoms with Gasteiger partial charge in [-0.3, -0.25) is 29.5 Å². The summed E-state index contributed by atoms with van der Waals surface area (Å²) in [5, 5.41) is 11.5. The number of alkyl halides is 3. The summed E-state index contributed by atoms with van der Waals surface area (Å²) < 4.78 is 41.2. The summed E-state index contributed by atoms with van der Waals surface area (Å²) in [7, 11) is 0. The number of phenolic OH excluding ortho intramolecular Hbond substituents is 1. The summed E-state index contributed by atoms with van der Waals surface area (Å²) >= 11 is 16.0. The fourth-order valence-corrected chi connectivity index (χ4v) is 9.76. The zero-order chi connectivity index (χ0) is 39.3. The van der Waals surface area contributed by atoms with Crippen LogP contribution < -0.4 is 10.3 Å². The van der Waals surface area contributed by atoms with E-state index in [0.29, 0.717) is 50.8 Å². The summed E-state index contributed by atoms with van der Waals surface area (Å²) in [6.07, 6.45) is -2.13. The summed E-state index contributed by atoms with van der Waals surface area (Å²) in [5.74, 6) is -6.89. The van der Waals surface area contributed by atoms with Gasteiger partial charge in [-0.05, 0) is 97.3 Å². The predicted octanol–water partition coefficient (Wildman–Crippen LogP) is 8.68. The van der Waals surface area contributed by atoms with Crippen molar-refractivity contribution in [2.45, 2.75) is 44.2 Å². The number of phenols is 1. The molecule has 2 aliphatic carbocycles. The van der Waals surface area contributed by atoms with Crippen molar-refractivity contribution in [2.24, 2.45) is 23.7 Å². The number of hydrogen-bond acceptors (Lipinski definition) is 7. The maximum Gasteiger partial charge on any atom is 0.417 e. The van der Waals surface area contributed by atoms with Gasteiger partial charge in [-0.25, -0.2) is 4.98 Å². The molecular weight excluding hydrogens is 824 g/mol. The van der Waals surface area contributed by atoms with E-state index in [9.17, 15) is 32.7 Å². The molecule has 0 unspecified atom stereocenters. The zero-order valence-electron chi connectivity index (χ0n) is 29.0. The van der Waals surface area contributed by atoms with Crippen LogP contribution in [0.1, 0.15) is 46.6 Å². The molecule has 8 rings (SSSR count). The molecule has 2 saturated heterocycles. The predicted molar refractivity (Wildman–Crippen MR) is 201 cm³/mol. The third-order valence-electron chi connectivity index (χ3n) is 11.5. The van der Waals surface area contributed by atoms with Crippen molar-refractivity contribution >= 4 is 74.3 Å². The lowest BCUT2D eigenvalue weighted by molar-refractivity contribution is -0.139. The minimum atomic E-state index is -4.75. The Balaban J connectivity index is 1.32. The number of aromatic hydroxyl groups is 1. The van der Waals surface area contributed by atoms with E-state index in [4.69, 9.17) is 23.2 Å². The van der Waals surface area contributed by atoms with E-state index in [1.165, 1.54) is 4.90 Å². The number of hydrazine groups is 1. The molecule has 1 saturated carbocycles. The molecule has 15 heteroatoms. The van der Waals surface area contributed by atoms with E-state index in [-0.39, 0.29) is 30.3 Å². The number of nitrogens with zero attached hydrogens (tertiary/aromatic N) is 3. The monoisotopic (exact) mass is 852 g/mol. The summed E-state index contributed by atoms with van der Waals surface area (Å²) in [4.78, 5) is 63.8. The fraction of sp³-hybridized carbons (Fsp3) is 0.275. The first-order valence-electron chi connectivity index (χ1n) is 17.3. The molecule has 3 aromatic carbocycles. The Kier molecular flexibility index (Phi) is 8.93. The minimum Gasteiger partial charge on any atom is -0.507 e. The molecule has 55 heavy (non-hydrogen) atoms. The van der Waals surface area contributed by atoms with Gasteiger partial charge in [0.05, 0.1) is 39.4 Å². The van der Waals surface area contributed by atoms with E-state index in [2.05, 4.69) is 26.3 Å². The molecule has 3 fully saturated rings. The highest BCUT2D eigenvalue weighted by Crippen LogP contribution is 2.64. The lowest BCUT2D eigenvalue weighted by Gasteiger charge is -2.50. The molecular formula is C40H30BrCl2F3N4O5. The second-order valence-corrected chi connectivity index (χ2v) is 16.2.